The first-order valence-corrected chi connectivity index (χ1v) is 6.15. The van der Waals surface area contributed by atoms with Crippen molar-refractivity contribution in [2.24, 2.45) is 11.8 Å². The predicted molar refractivity (Wildman–Crippen MR) is 61.6 cm³/mol. The minimum atomic E-state index is 0.317. The molecule has 16 heavy (non-hydrogen) atoms. The van der Waals surface area contributed by atoms with Gasteiger partial charge in [-0.15, -0.1) is 0 Å². The molecule has 0 spiro atoms. The third kappa shape index (κ3) is 1.62. The summed E-state index contributed by atoms with van der Waals surface area (Å²) in [5.74, 6) is 1.13. The molecule has 82 valence electrons. The maximum Gasteiger partial charge on any atom is 0.104 e. The number of benzene rings is 1. The number of hydrogen-bond acceptors (Lipinski definition) is 1. The fourth-order valence-corrected chi connectivity index (χ4v) is 3.49. The van der Waals surface area contributed by atoms with Crippen LogP contribution in [0.15, 0.2) is 30.3 Å². The highest BCUT2D eigenvalue weighted by molar-refractivity contribution is 5.13. The second kappa shape index (κ2) is 3.92. The Labute approximate surface area is 96.5 Å². The van der Waals surface area contributed by atoms with Gasteiger partial charge in [-0.25, -0.2) is 0 Å². The quantitative estimate of drug-likeness (QED) is 0.780. The van der Waals surface area contributed by atoms with Gasteiger partial charge in [0.25, 0.3) is 0 Å². The Balaban J connectivity index is 1.72. The maximum absolute atomic E-state index is 9.11. The number of quaternary nitrogens is 1. The summed E-state index contributed by atoms with van der Waals surface area (Å²) in [5, 5.41) is 9.11. The van der Waals surface area contributed by atoms with Crippen LogP contribution < -0.4 is 4.90 Å². The summed E-state index contributed by atoms with van der Waals surface area (Å²) in [6.45, 7) is 2.37. The van der Waals surface area contributed by atoms with E-state index in [2.05, 4.69) is 36.4 Å². The van der Waals surface area contributed by atoms with Crippen LogP contribution in [0.3, 0.4) is 0 Å². The van der Waals surface area contributed by atoms with Crippen LogP contribution in [0.4, 0.5) is 0 Å². The molecule has 1 aliphatic heterocycles. The van der Waals surface area contributed by atoms with Gasteiger partial charge in [-0.2, -0.15) is 5.26 Å². The van der Waals surface area contributed by atoms with E-state index in [0.29, 0.717) is 12.0 Å². The van der Waals surface area contributed by atoms with Crippen LogP contribution in [0.1, 0.15) is 18.4 Å². The van der Waals surface area contributed by atoms with Crippen LogP contribution in [-0.2, 0) is 6.54 Å². The number of nitriles is 1. The lowest BCUT2D eigenvalue weighted by molar-refractivity contribution is -0.933. The predicted octanol–water partition coefficient (Wildman–Crippen LogP) is 1.00. The van der Waals surface area contributed by atoms with Gasteiger partial charge in [0.2, 0.25) is 0 Å². The van der Waals surface area contributed by atoms with Gasteiger partial charge in [0.05, 0.1) is 18.5 Å². The molecule has 1 aliphatic carbocycles. The number of nitrogens with zero attached hydrogens (tertiary/aromatic N) is 1. The van der Waals surface area contributed by atoms with Crippen LogP contribution in [-0.4, -0.2) is 12.6 Å². The highest BCUT2D eigenvalue weighted by Crippen LogP contribution is 2.32. The molecule has 2 bridgehead atoms. The van der Waals surface area contributed by atoms with Crippen LogP contribution >= 0.6 is 0 Å². The van der Waals surface area contributed by atoms with Gasteiger partial charge in [-0.3, -0.25) is 0 Å². The summed E-state index contributed by atoms with van der Waals surface area (Å²) < 4.78 is 0. The Bertz CT molecular complexity index is 406. The second-order valence-corrected chi connectivity index (χ2v) is 5.20. The van der Waals surface area contributed by atoms with Gasteiger partial charge in [0.1, 0.15) is 12.6 Å². The van der Waals surface area contributed by atoms with E-state index < -0.39 is 0 Å². The summed E-state index contributed by atoms with van der Waals surface area (Å²) in [6.07, 6.45) is 2.43. The van der Waals surface area contributed by atoms with Gasteiger partial charge in [-0.05, 0) is 6.42 Å². The van der Waals surface area contributed by atoms with Gasteiger partial charge in [0, 0.05) is 17.9 Å². The number of hydrogen-bond donors (Lipinski definition) is 1. The summed E-state index contributed by atoms with van der Waals surface area (Å²) in [4.78, 5) is 1.63. The summed E-state index contributed by atoms with van der Waals surface area (Å²) in [5.41, 5.74) is 1.40. The first kappa shape index (κ1) is 9.86. The SMILES string of the molecule is N#C[C@@H]1C[C@H]2C[C@H]1[NH+](Cc1ccccc1)C2. The molecule has 2 nitrogen and oxygen atoms in total. The maximum atomic E-state index is 9.11. The molecule has 1 aromatic rings. The van der Waals surface area contributed by atoms with E-state index in [1.807, 2.05) is 0 Å². The highest BCUT2D eigenvalue weighted by atomic mass is 15.2. The van der Waals surface area contributed by atoms with Crippen molar-refractivity contribution >= 4 is 0 Å². The third-order valence-corrected chi connectivity index (χ3v) is 4.18. The molecule has 1 heterocycles. The number of nitrogens with one attached hydrogen (secondary N) is 1. The Kier molecular flexibility index (Phi) is 2.41. The zero-order valence-electron chi connectivity index (χ0n) is 9.39. The van der Waals surface area contributed by atoms with Crippen LogP contribution in [0.5, 0.6) is 0 Å². The lowest BCUT2D eigenvalue weighted by atomic mass is 9.99. The monoisotopic (exact) mass is 213 g/mol. The normalized spacial score (nSPS) is 36.2. The molecule has 0 radical (unpaired) electrons. The lowest BCUT2D eigenvalue weighted by Crippen LogP contribution is -3.14. The van der Waals surface area contributed by atoms with E-state index >= 15 is 0 Å². The molecular formula is C14H17N2+. The highest BCUT2D eigenvalue weighted by Gasteiger charge is 2.48. The summed E-state index contributed by atoms with van der Waals surface area (Å²) >= 11 is 0. The van der Waals surface area contributed by atoms with Crippen molar-refractivity contribution in [1.82, 2.24) is 0 Å². The van der Waals surface area contributed by atoms with Crippen molar-refractivity contribution in [3.8, 4) is 6.07 Å². The molecule has 1 saturated carbocycles. The first-order chi connectivity index (χ1) is 7.86. The van der Waals surface area contributed by atoms with E-state index in [9.17, 15) is 0 Å². The zero-order valence-corrected chi connectivity index (χ0v) is 9.39. The molecule has 1 N–H and O–H groups in total. The fraction of sp³-hybridized carbons (Fsp3) is 0.500. The van der Waals surface area contributed by atoms with E-state index in [1.165, 1.54) is 18.5 Å². The van der Waals surface area contributed by atoms with Crippen LogP contribution in [0, 0.1) is 23.2 Å². The zero-order chi connectivity index (χ0) is 11.0. The Hall–Kier alpha value is -1.33. The van der Waals surface area contributed by atoms with E-state index in [0.717, 1.165) is 18.9 Å². The van der Waals surface area contributed by atoms with Crippen molar-refractivity contribution in [3.63, 3.8) is 0 Å². The largest absolute Gasteiger partial charge is 0.327 e. The summed E-state index contributed by atoms with van der Waals surface area (Å²) in [6, 6.07) is 13.8. The molecule has 2 heteroatoms. The Morgan fingerprint density at radius 2 is 2.06 bits per heavy atom. The standard InChI is InChI=1S/C14H16N2/c15-8-13-6-12-7-14(13)16(10-12)9-11-4-2-1-3-5-11/h1-5,12-14H,6-7,9-10H2/p+1/t12-,13-,14+/m0/s1. The van der Waals surface area contributed by atoms with Crippen molar-refractivity contribution in [2.45, 2.75) is 25.4 Å². The molecular weight excluding hydrogens is 196 g/mol. The van der Waals surface area contributed by atoms with Crippen molar-refractivity contribution in [3.05, 3.63) is 35.9 Å². The van der Waals surface area contributed by atoms with Crippen molar-refractivity contribution in [1.29, 1.82) is 5.26 Å². The van der Waals surface area contributed by atoms with Crippen molar-refractivity contribution in [2.75, 3.05) is 6.54 Å². The average molecular weight is 213 g/mol. The number of likely N-dealkylation sites (tertiary alicyclic amines) is 1. The van der Waals surface area contributed by atoms with E-state index in [-0.39, 0.29) is 0 Å². The number of fused-ring (bicyclic) bond motifs is 2. The topological polar surface area (TPSA) is 28.2 Å². The summed E-state index contributed by atoms with van der Waals surface area (Å²) in [7, 11) is 0. The lowest BCUT2D eigenvalue weighted by Gasteiger charge is -2.26. The molecule has 3 rings (SSSR count). The smallest absolute Gasteiger partial charge is 0.104 e. The van der Waals surface area contributed by atoms with Gasteiger partial charge >= 0.3 is 0 Å². The molecule has 2 aliphatic rings. The number of piperidine rings is 1. The minimum absolute atomic E-state index is 0.317. The van der Waals surface area contributed by atoms with E-state index in [1.54, 1.807) is 4.90 Å². The van der Waals surface area contributed by atoms with Crippen LogP contribution in [0.2, 0.25) is 0 Å². The first-order valence-electron chi connectivity index (χ1n) is 6.15. The molecule has 1 unspecified atom stereocenters. The average Bonchev–Trinajstić information content (AvgIpc) is 2.89. The third-order valence-electron chi connectivity index (χ3n) is 4.18. The van der Waals surface area contributed by atoms with Crippen molar-refractivity contribution < 1.29 is 4.90 Å². The second-order valence-electron chi connectivity index (χ2n) is 5.20. The molecule has 0 amide bonds. The van der Waals surface area contributed by atoms with Gasteiger partial charge in [-0.1, -0.05) is 30.3 Å². The fourth-order valence-electron chi connectivity index (χ4n) is 3.49. The van der Waals surface area contributed by atoms with Crippen LogP contribution in [0.25, 0.3) is 0 Å². The van der Waals surface area contributed by atoms with Gasteiger partial charge in [0.15, 0.2) is 0 Å². The number of rotatable bonds is 2. The molecule has 2 fully saturated rings. The molecule has 4 atom stereocenters. The Morgan fingerprint density at radius 3 is 2.75 bits per heavy atom. The Morgan fingerprint density at radius 1 is 1.25 bits per heavy atom. The molecule has 1 aromatic carbocycles. The molecule has 1 saturated heterocycles. The van der Waals surface area contributed by atoms with Gasteiger partial charge < -0.3 is 4.90 Å². The molecule has 0 aromatic heterocycles. The minimum Gasteiger partial charge on any atom is -0.327 e. The van der Waals surface area contributed by atoms with E-state index in [4.69, 9.17) is 5.26 Å².